The standard InChI is InChI=1S/C13H10N6OS/c1-7-3-8(2)11-9(4-7)19-12(20)10(5-14-13(19)21-11)18-6-15-16-17-18/h3-6H,1-2H3. The Kier molecular flexibility index (Phi) is 2.43. The minimum Gasteiger partial charge on any atom is -0.266 e. The molecule has 0 N–H and O–H groups in total. The summed E-state index contributed by atoms with van der Waals surface area (Å²) in [5.74, 6) is 0. The number of fused-ring (bicyclic) bond motifs is 3. The Bertz CT molecular complexity index is 1030. The van der Waals surface area contributed by atoms with E-state index in [1.54, 1.807) is 4.40 Å². The molecule has 0 aliphatic heterocycles. The zero-order valence-corrected chi connectivity index (χ0v) is 12.1. The van der Waals surface area contributed by atoms with Gasteiger partial charge in [0.1, 0.15) is 6.33 Å². The number of aromatic nitrogens is 6. The third-order valence-electron chi connectivity index (χ3n) is 3.34. The van der Waals surface area contributed by atoms with Gasteiger partial charge < -0.3 is 0 Å². The van der Waals surface area contributed by atoms with E-state index in [1.165, 1.54) is 28.5 Å². The van der Waals surface area contributed by atoms with E-state index in [0.29, 0.717) is 10.6 Å². The lowest BCUT2D eigenvalue weighted by Crippen LogP contribution is -2.19. The van der Waals surface area contributed by atoms with E-state index < -0.39 is 0 Å². The van der Waals surface area contributed by atoms with Crippen LogP contribution < -0.4 is 5.56 Å². The van der Waals surface area contributed by atoms with Crippen LogP contribution in [-0.2, 0) is 0 Å². The van der Waals surface area contributed by atoms with Crippen molar-refractivity contribution in [3.63, 3.8) is 0 Å². The minimum atomic E-state index is -0.177. The van der Waals surface area contributed by atoms with Crippen LogP contribution in [0.1, 0.15) is 11.1 Å². The molecule has 4 aromatic rings. The molecule has 0 atom stereocenters. The summed E-state index contributed by atoms with van der Waals surface area (Å²) in [7, 11) is 0. The molecule has 0 saturated heterocycles. The normalized spacial score (nSPS) is 11.5. The van der Waals surface area contributed by atoms with Crippen LogP contribution in [0.15, 0.2) is 29.5 Å². The van der Waals surface area contributed by atoms with Crippen LogP contribution in [-0.4, -0.2) is 29.6 Å². The lowest BCUT2D eigenvalue weighted by molar-refractivity contribution is 0.775. The molecule has 0 amide bonds. The van der Waals surface area contributed by atoms with Gasteiger partial charge in [0, 0.05) is 0 Å². The Morgan fingerprint density at radius 3 is 2.86 bits per heavy atom. The monoisotopic (exact) mass is 298 g/mol. The maximum Gasteiger partial charge on any atom is 0.285 e. The van der Waals surface area contributed by atoms with Crippen LogP contribution in [0.5, 0.6) is 0 Å². The summed E-state index contributed by atoms with van der Waals surface area (Å²) in [6, 6.07) is 4.10. The lowest BCUT2D eigenvalue weighted by atomic mass is 10.1. The van der Waals surface area contributed by atoms with Crippen LogP contribution in [0.3, 0.4) is 0 Å². The predicted octanol–water partition coefficient (Wildman–Crippen LogP) is 1.50. The molecule has 1 aromatic carbocycles. The van der Waals surface area contributed by atoms with Gasteiger partial charge in [-0.15, -0.1) is 5.10 Å². The molecule has 4 rings (SSSR count). The number of hydrogen-bond acceptors (Lipinski definition) is 6. The van der Waals surface area contributed by atoms with Gasteiger partial charge >= 0.3 is 0 Å². The second-order valence-electron chi connectivity index (χ2n) is 4.85. The van der Waals surface area contributed by atoms with Crippen LogP contribution >= 0.6 is 11.3 Å². The molecule has 0 unspecified atom stereocenters. The largest absolute Gasteiger partial charge is 0.285 e. The summed E-state index contributed by atoms with van der Waals surface area (Å²) in [5, 5.41) is 10.9. The molecule has 0 saturated carbocycles. The number of nitrogens with zero attached hydrogens (tertiary/aromatic N) is 6. The molecule has 7 nitrogen and oxygen atoms in total. The van der Waals surface area contributed by atoms with E-state index in [-0.39, 0.29) is 5.56 Å². The molecule has 104 valence electrons. The van der Waals surface area contributed by atoms with Gasteiger partial charge in [0.05, 0.1) is 16.4 Å². The first-order valence-electron chi connectivity index (χ1n) is 6.30. The summed E-state index contributed by atoms with van der Waals surface area (Å²) in [6.45, 7) is 4.05. The van der Waals surface area contributed by atoms with Crippen LogP contribution in [0, 0.1) is 13.8 Å². The van der Waals surface area contributed by atoms with Crippen LogP contribution in [0.2, 0.25) is 0 Å². The van der Waals surface area contributed by atoms with Crippen molar-refractivity contribution in [1.82, 2.24) is 29.6 Å². The molecule has 3 aromatic heterocycles. The third kappa shape index (κ3) is 1.69. The summed E-state index contributed by atoms with van der Waals surface area (Å²) in [5.41, 5.74) is 3.28. The van der Waals surface area contributed by atoms with Crippen LogP contribution in [0.25, 0.3) is 20.9 Å². The highest BCUT2D eigenvalue weighted by atomic mass is 32.1. The minimum absolute atomic E-state index is 0.177. The van der Waals surface area contributed by atoms with Gasteiger partial charge in [-0.05, 0) is 41.5 Å². The lowest BCUT2D eigenvalue weighted by Gasteiger charge is -2.01. The number of tetrazole rings is 1. The van der Waals surface area contributed by atoms with Gasteiger partial charge in [-0.3, -0.25) is 4.79 Å². The van der Waals surface area contributed by atoms with E-state index in [4.69, 9.17) is 0 Å². The van der Waals surface area contributed by atoms with E-state index in [2.05, 4.69) is 26.6 Å². The first-order chi connectivity index (χ1) is 10.1. The highest BCUT2D eigenvalue weighted by molar-refractivity contribution is 7.23. The van der Waals surface area contributed by atoms with Crippen molar-refractivity contribution >= 4 is 26.5 Å². The van der Waals surface area contributed by atoms with E-state index in [9.17, 15) is 4.79 Å². The van der Waals surface area contributed by atoms with Gasteiger partial charge in [0.2, 0.25) is 0 Å². The van der Waals surface area contributed by atoms with Crippen molar-refractivity contribution in [3.8, 4) is 5.69 Å². The average Bonchev–Trinajstić information content (AvgIpc) is 3.06. The second kappa shape index (κ2) is 4.19. The number of thiazole rings is 1. The molecule has 0 fully saturated rings. The molecular weight excluding hydrogens is 288 g/mol. The molecule has 0 spiro atoms. The highest BCUT2D eigenvalue weighted by Gasteiger charge is 2.14. The summed E-state index contributed by atoms with van der Waals surface area (Å²) >= 11 is 1.51. The van der Waals surface area contributed by atoms with Gasteiger partial charge in [0.15, 0.2) is 10.6 Å². The van der Waals surface area contributed by atoms with Crippen LogP contribution in [0.4, 0.5) is 0 Å². The Morgan fingerprint density at radius 1 is 1.24 bits per heavy atom. The molecule has 8 heteroatoms. The highest BCUT2D eigenvalue weighted by Crippen LogP contribution is 2.28. The fraction of sp³-hybridized carbons (Fsp3) is 0.154. The van der Waals surface area contributed by atoms with Gasteiger partial charge in [0.25, 0.3) is 5.56 Å². The zero-order valence-electron chi connectivity index (χ0n) is 11.3. The molecule has 0 radical (unpaired) electrons. The van der Waals surface area contributed by atoms with Crippen molar-refractivity contribution < 1.29 is 0 Å². The first kappa shape index (κ1) is 12.2. The Balaban J connectivity index is 2.18. The number of aryl methyl sites for hydroxylation is 2. The molecule has 0 aliphatic rings. The Morgan fingerprint density at radius 2 is 2.10 bits per heavy atom. The van der Waals surface area contributed by atoms with Gasteiger partial charge in [-0.2, -0.15) is 4.68 Å². The van der Waals surface area contributed by atoms with Crippen molar-refractivity contribution in [2.24, 2.45) is 0 Å². The number of rotatable bonds is 1. The predicted molar refractivity (Wildman–Crippen MR) is 79.0 cm³/mol. The Hall–Kier alpha value is -2.61. The summed E-state index contributed by atoms with van der Waals surface area (Å²) < 4.78 is 4.02. The number of benzene rings is 1. The molecule has 21 heavy (non-hydrogen) atoms. The van der Waals surface area contributed by atoms with E-state index >= 15 is 0 Å². The maximum absolute atomic E-state index is 12.7. The van der Waals surface area contributed by atoms with Crippen molar-refractivity contribution in [1.29, 1.82) is 0 Å². The van der Waals surface area contributed by atoms with Gasteiger partial charge in [-0.25, -0.2) is 9.38 Å². The third-order valence-corrected chi connectivity index (χ3v) is 4.55. The molecular formula is C13H10N6OS. The zero-order chi connectivity index (χ0) is 14.6. The quantitative estimate of drug-likeness (QED) is 0.532. The van der Waals surface area contributed by atoms with E-state index in [0.717, 1.165) is 21.3 Å². The summed E-state index contributed by atoms with van der Waals surface area (Å²) in [4.78, 5) is 17.8. The fourth-order valence-electron chi connectivity index (χ4n) is 2.47. The van der Waals surface area contributed by atoms with Crippen molar-refractivity contribution in [2.75, 3.05) is 0 Å². The first-order valence-corrected chi connectivity index (χ1v) is 7.11. The van der Waals surface area contributed by atoms with Crippen molar-refractivity contribution in [3.05, 3.63) is 46.1 Å². The van der Waals surface area contributed by atoms with Crippen molar-refractivity contribution in [2.45, 2.75) is 13.8 Å². The topological polar surface area (TPSA) is 78.0 Å². The average molecular weight is 298 g/mol. The molecule has 0 bridgehead atoms. The molecule has 3 heterocycles. The SMILES string of the molecule is Cc1cc(C)c2sc3ncc(-n4cnnn4)c(=O)n3c2c1. The van der Waals surface area contributed by atoms with E-state index in [1.807, 2.05) is 19.9 Å². The van der Waals surface area contributed by atoms with Gasteiger partial charge in [-0.1, -0.05) is 17.4 Å². The maximum atomic E-state index is 12.7. The Labute approximate surface area is 122 Å². The fourth-order valence-corrected chi connectivity index (χ4v) is 3.50. The smallest absolute Gasteiger partial charge is 0.266 e. The second-order valence-corrected chi connectivity index (χ2v) is 5.83. The summed E-state index contributed by atoms with van der Waals surface area (Å²) in [6.07, 6.45) is 2.89. The number of hydrogen-bond donors (Lipinski definition) is 0. The molecule has 0 aliphatic carbocycles.